The van der Waals surface area contributed by atoms with Gasteiger partial charge in [0, 0.05) is 0 Å². The lowest BCUT2D eigenvalue weighted by Gasteiger charge is -1.91. The Hall–Kier alpha value is 0.500. The average Bonchev–Trinajstić information content (AvgIpc) is 1.68. The Balaban J connectivity index is 3.35. The molecule has 0 aromatic heterocycles. The summed E-state index contributed by atoms with van der Waals surface area (Å²) >= 11 is 8.22. The summed E-state index contributed by atoms with van der Waals surface area (Å²) in [6.45, 7) is 1.90. The van der Waals surface area contributed by atoms with Crippen molar-refractivity contribution < 1.29 is 0 Å². The number of nitrogens with zero attached hydrogens (tertiary/aromatic N) is 1. The van der Waals surface area contributed by atoms with Gasteiger partial charge in [-0.05, 0) is 19.1 Å². The second-order valence-electron chi connectivity index (χ2n) is 0.925. The Kier molecular flexibility index (Phi) is 4.99. The van der Waals surface area contributed by atoms with E-state index in [1.54, 1.807) is 0 Å². The average molecular weight is 151 g/mol. The molecule has 0 aliphatic carbocycles. The van der Waals surface area contributed by atoms with Crippen LogP contribution < -0.4 is 0 Å². The van der Waals surface area contributed by atoms with Crippen molar-refractivity contribution >= 4 is 39.8 Å². The third-order valence-corrected chi connectivity index (χ3v) is 1.82. The number of isothiocyanates is 1. The van der Waals surface area contributed by atoms with Crippen LogP contribution in [0, 0.1) is 0 Å². The molecule has 0 aromatic rings. The number of hydrogen-bond acceptors (Lipinski definition) is 4. The smallest absolute Gasteiger partial charge is 0.112 e. The van der Waals surface area contributed by atoms with Crippen molar-refractivity contribution in [2.45, 2.75) is 12.3 Å². The van der Waals surface area contributed by atoms with E-state index in [9.17, 15) is 0 Å². The van der Waals surface area contributed by atoms with E-state index in [1.807, 2.05) is 6.92 Å². The summed E-state index contributed by atoms with van der Waals surface area (Å²) < 4.78 is 0. The summed E-state index contributed by atoms with van der Waals surface area (Å²) in [4.78, 5) is 3.69. The maximum atomic E-state index is 4.33. The van der Waals surface area contributed by atoms with Crippen molar-refractivity contribution in [1.82, 2.24) is 0 Å². The van der Waals surface area contributed by atoms with Crippen LogP contribution in [0.25, 0.3) is 0 Å². The van der Waals surface area contributed by atoms with E-state index in [2.05, 4.69) is 34.0 Å². The monoisotopic (exact) mass is 151 g/mol. The van der Waals surface area contributed by atoms with Crippen molar-refractivity contribution in [3.8, 4) is 0 Å². The SMILES string of the molecule is CC(N=C=S)SS. The van der Waals surface area contributed by atoms with E-state index in [4.69, 9.17) is 0 Å². The van der Waals surface area contributed by atoms with Crippen LogP contribution in [-0.4, -0.2) is 10.5 Å². The molecular weight excluding hydrogens is 146 g/mol. The molecule has 40 valence electrons. The minimum Gasteiger partial charge on any atom is -0.218 e. The molecule has 7 heavy (non-hydrogen) atoms. The zero-order chi connectivity index (χ0) is 5.70. The summed E-state index contributed by atoms with van der Waals surface area (Å²) in [6, 6.07) is 0. The summed E-state index contributed by atoms with van der Waals surface area (Å²) in [6.07, 6.45) is 0. The highest BCUT2D eigenvalue weighted by Crippen LogP contribution is 2.13. The quantitative estimate of drug-likeness (QED) is 0.280. The Bertz CT molecular complexity index is 86.2. The van der Waals surface area contributed by atoms with Crippen molar-refractivity contribution in [3.05, 3.63) is 0 Å². The lowest BCUT2D eigenvalue weighted by atomic mass is 10.8. The van der Waals surface area contributed by atoms with Crippen LogP contribution in [0.2, 0.25) is 0 Å². The molecule has 1 nitrogen and oxygen atoms in total. The molecule has 0 spiro atoms. The van der Waals surface area contributed by atoms with Crippen LogP contribution in [0.15, 0.2) is 4.99 Å². The highest BCUT2D eigenvalue weighted by molar-refractivity contribution is 8.68. The van der Waals surface area contributed by atoms with Crippen molar-refractivity contribution in [3.63, 3.8) is 0 Å². The zero-order valence-electron chi connectivity index (χ0n) is 3.79. The molecule has 0 rings (SSSR count). The van der Waals surface area contributed by atoms with Gasteiger partial charge in [-0.3, -0.25) is 0 Å². The van der Waals surface area contributed by atoms with Gasteiger partial charge in [-0.25, -0.2) is 4.99 Å². The maximum Gasteiger partial charge on any atom is 0.112 e. The molecular formula is C3H5NS3. The zero-order valence-corrected chi connectivity index (χ0v) is 6.32. The molecule has 4 heteroatoms. The first-order chi connectivity index (χ1) is 3.31. The van der Waals surface area contributed by atoms with Gasteiger partial charge in [-0.15, -0.1) is 11.7 Å². The minimum absolute atomic E-state index is 0.140. The predicted molar refractivity (Wildman–Crippen MR) is 41.1 cm³/mol. The van der Waals surface area contributed by atoms with Crippen LogP contribution in [0.1, 0.15) is 6.92 Å². The molecule has 1 atom stereocenters. The maximum absolute atomic E-state index is 4.33. The van der Waals surface area contributed by atoms with Crippen LogP contribution in [0.5, 0.6) is 0 Å². The van der Waals surface area contributed by atoms with Gasteiger partial charge < -0.3 is 0 Å². The van der Waals surface area contributed by atoms with Gasteiger partial charge in [0.1, 0.15) is 5.37 Å². The summed E-state index contributed by atoms with van der Waals surface area (Å²) in [7, 11) is 1.35. The summed E-state index contributed by atoms with van der Waals surface area (Å²) in [5.41, 5.74) is 0. The van der Waals surface area contributed by atoms with Crippen molar-refractivity contribution in [2.75, 3.05) is 0 Å². The normalized spacial score (nSPS) is 12.3. The second-order valence-corrected chi connectivity index (χ2v) is 2.63. The molecule has 0 aliphatic heterocycles. The molecule has 0 radical (unpaired) electrons. The first kappa shape index (κ1) is 7.50. The van der Waals surface area contributed by atoms with Crippen molar-refractivity contribution in [2.24, 2.45) is 4.99 Å². The van der Waals surface area contributed by atoms with Crippen LogP contribution >= 0.6 is 34.7 Å². The number of rotatable bonds is 2. The minimum atomic E-state index is 0.140. The molecule has 0 bridgehead atoms. The van der Waals surface area contributed by atoms with Crippen molar-refractivity contribution in [1.29, 1.82) is 0 Å². The standard InChI is InChI=1S/C3H5NS3/c1-3(7-6)4-2-5/h3,6H,1H3. The molecule has 0 fully saturated rings. The largest absolute Gasteiger partial charge is 0.218 e. The molecule has 0 heterocycles. The lowest BCUT2D eigenvalue weighted by Crippen LogP contribution is -1.82. The van der Waals surface area contributed by atoms with Gasteiger partial charge in [0.05, 0.1) is 5.16 Å². The second kappa shape index (κ2) is 4.65. The highest BCUT2D eigenvalue weighted by Gasteiger charge is 1.89. The fraction of sp³-hybridized carbons (Fsp3) is 0.667. The summed E-state index contributed by atoms with van der Waals surface area (Å²) in [5, 5.41) is 2.40. The van der Waals surface area contributed by atoms with E-state index in [0.717, 1.165) is 0 Å². The molecule has 1 unspecified atom stereocenters. The Morgan fingerprint density at radius 2 is 2.57 bits per heavy atom. The molecule has 0 N–H and O–H groups in total. The predicted octanol–water partition coefficient (Wildman–Crippen LogP) is 2.01. The Morgan fingerprint density at radius 3 is 2.71 bits per heavy atom. The molecule has 0 saturated carbocycles. The number of aliphatic imine (C=N–C) groups is 1. The van der Waals surface area contributed by atoms with Gasteiger partial charge in [0.15, 0.2) is 0 Å². The Morgan fingerprint density at radius 1 is 2.00 bits per heavy atom. The fourth-order valence-corrected chi connectivity index (χ4v) is 0.564. The van der Waals surface area contributed by atoms with Gasteiger partial charge in [0.25, 0.3) is 0 Å². The van der Waals surface area contributed by atoms with E-state index in [-0.39, 0.29) is 5.37 Å². The van der Waals surface area contributed by atoms with E-state index < -0.39 is 0 Å². The van der Waals surface area contributed by atoms with E-state index >= 15 is 0 Å². The number of thiocarbonyl (C=S) groups is 1. The summed E-state index contributed by atoms with van der Waals surface area (Å²) in [5.74, 6) is 0. The Labute approximate surface area is 57.4 Å². The number of thiol groups is 1. The van der Waals surface area contributed by atoms with Crippen LogP contribution in [0.3, 0.4) is 0 Å². The topological polar surface area (TPSA) is 12.4 Å². The lowest BCUT2D eigenvalue weighted by molar-refractivity contribution is 1.07. The first-order valence-electron chi connectivity index (χ1n) is 1.68. The van der Waals surface area contributed by atoms with Gasteiger partial charge in [0.2, 0.25) is 0 Å². The third-order valence-electron chi connectivity index (χ3n) is 0.387. The number of hydrogen-bond donors (Lipinski definition) is 1. The molecule has 0 aromatic carbocycles. The molecule has 0 amide bonds. The van der Waals surface area contributed by atoms with Gasteiger partial charge in [-0.1, -0.05) is 10.8 Å². The van der Waals surface area contributed by atoms with E-state index in [1.165, 1.54) is 10.8 Å². The van der Waals surface area contributed by atoms with E-state index in [0.29, 0.717) is 0 Å². The molecule has 0 aliphatic rings. The van der Waals surface area contributed by atoms with Crippen LogP contribution in [0.4, 0.5) is 0 Å². The van der Waals surface area contributed by atoms with Gasteiger partial charge in [-0.2, -0.15) is 0 Å². The molecule has 0 saturated heterocycles. The highest BCUT2D eigenvalue weighted by atomic mass is 33.1. The van der Waals surface area contributed by atoms with Crippen LogP contribution in [-0.2, 0) is 0 Å². The third kappa shape index (κ3) is 4.35. The fourth-order valence-electron chi connectivity index (χ4n) is 0.0978. The van der Waals surface area contributed by atoms with Gasteiger partial charge >= 0.3 is 0 Å². The first-order valence-corrected chi connectivity index (χ1v) is 4.02.